The SMILES string of the molecule is Cc1cc(C)n2c1C=C1C=CC(CCC(=O)NCCN3C(=O)CC(SC[C@H](CC(=O)[C@H](CC(=O)O)NC(=O)[C@@H](N)CNC(=O)[C@@H](CC(=O)[C@H](Cc4ccccc4)NC(=O)CCCCC(=O)CC[C@H](NC(=O)NCCCC(=O)O)C(=O)O)Cc4ccccc4)C(=O)O)C3=O)=[N+]1[B-]2(F)F.O=C=O. The van der Waals surface area contributed by atoms with Crippen LogP contribution in [-0.2, 0) is 84.8 Å². The summed E-state index contributed by atoms with van der Waals surface area (Å²) in [5, 5.41) is 51.8. The van der Waals surface area contributed by atoms with Gasteiger partial charge in [0.1, 0.15) is 23.6 Å². The van der Waals surface area contributed by atoms with E-state index in [0.717, 1.165) is 25.6 Å². The van der Waals surface area contributed by atoms with E-state index in [-0.39, 0.29) is 121 Å². The minimum atomic E-state index is -4.24. The Morgan fingerprint density at radius 2 is 1.31 bits per heavy atom. The zero-order chi connectivity index (χ0) is 73.8. The van der Waals surface area contributed by atoms with E-state index in [1.165, 1.54) is 6.08 Å². The summed E-state index contributed by atoms with van der Waals surface area (Å²) in [5.41, 5.74) is 9.52. The summed E-state index contributed by atoms with van der Waals surface area (Å²) in [6.07, 6.45) is 1.93. The lowest BCUT2D eigenvalue weighted by Crippen LogP contribution is -2.53. The van der Waals surface area contributed by atoms with E-state index in [0.29, 0.717) is 33.8 Å². The number of carbonyl (C=O) groups excluding carboxylic acids is 12. The number of hydrogen-bond acceptors (Lipinski definition) is 18. The van der Waals surface area contributed by atoms with Crippen molar-refractivity contribution in [3.05, 3.63) is 113 Å². The first kappa shape index (κ1) is 80.3. The Bertz CT molecular complexity index is 3680. The molecule has 3 aliphatic rings. The van der Waals surface area contributed by atoms with Crippen LogP contribution in [0.25, 0.3) is 6.08 Å². The van der Waals surface area contributed by atoms with E-state index >= 15 is 8.63 Å². The molecule has 100 heavy (non-hydrogen) atoms. The van der Waals surface area contributed by atoms with Crippen molar-refractivity contribution in [3.63, 3.8) is 0 Å². The second-order valence-electron chi connectivity index (χ2n) is 24.1. The van der Waals surface area contributed by atoms with Crippen molar-refractivity contribution in [3.8, 4) is 0 Å². The summed E-state index contributed by atoms with van der Waals surface area (Å²) < 4.78 is 33.6. The molecule has 7 atom stereocenters. The number of benzene rings is 2. The summed E-state index contributed by atoms with van der Waals surface area (Å²) in [6, 6.07) is 12.1. The number of unbranched alkanes of at least 4 members (excludes halogenated alkanes) is 1. The van der Waals surface area contributed by atoms with E-state index in [9.17, 15) is 82.4 Å². The molecule has 12 N–H and O–H groups in total. The molecule has 1 saturated heterocycles. The summed E-state index contributed by atoms with van der Waals surface area (Å²) in [4.78, 5) is 197. The van der Waals surface area contributed by atoms with Crippen LogP contribution in [0.1, 0.15) is 118 Å². The van der Waals surface area contributed by atoms with Gasteiger partial charge in [0.05, 0.1) is 29.7 Å². The van der Waals surface area contributed by atoms with Crippen LogP contribution in [0.4, 0.5) is 13.4 Å². The average Bonchev–Trinajstić information content (AvgIpc) is 1.56. The quantitative estimate of drug-likeness (QED) is 0.0219. The molecule has 4 heterocycles. The highest BCUT2D eigenvalue weighted by Crippen LogP contribution is 2.35. The molecule has 30 nitrogen and oxygen atoms in total. The number of nitrogens with two attached hydrogens (primary N) is 1. The fraction of sp³-hybridized carbons (Fsp3) is 0.455. The van der Waals surface area contributed by atoms with E-state index < -0.39 is 157 Å². The molecule has 2 aromatic carbocycles. The molecular weight excluding hydrogens is 1330 g/mol. The minimum absolute atomic E-state index is 0.00359. The number of carbonyl (C=O) groups is 14. The monoisotopic (exact) mass is 1410 g/mol. The van der Waals surface area contributed by atoms with E-state index in [1.807, 2.05) is 0 Å². The van der Waals surface area contributed by atoms with Gasteiger partial charge < -0.3 is 75.7 Å². The predicted octanol–water partition coefficient (Wildman–Crippen LogP) is 2.01. The number of fused-ring (bicyclic) bond motifs is 2. The summed E-state index contributed by atoms with van der Waals surface area (Å²) >= 11 is 0.766. The zero-order valence-electron chi connectivity index (χ0n) is 55.0. The molecule has 0 saturated carbocycles. The number of thioether (sulfide) groups is 1. The number of aryl methyl sites for hydroxylation is 2. The number of Topliss-reactive ketones (excluding diaryl/α,β-unsaturated/α-hetero) is 3. The highest BCUT2D eigenvalue weighted by molar-refractivity contribution is 8.00. The number of nitrogens with zero attached hydrogens (tertiary/aromatic N) is 3. The zero-order valence-corrected chi connectivity index (χ0v) is 55.8. The molecule has 6 rings (SSSR count). The highest BCUT2D eigenvalue weighted by Gasteiger charge is 2.52. The van der Waals surface area contributed by atoms with Crippen LogP contribution >= 0.6 is 11.8 Å². The molecule has 0 aliphatic carbocycles. The standard InChI is InChI=1S/C65H81BF2N10O18S.CO2/c1-38-28-39(2)77-51(38)33-45-20-19-44(78(45)66(77,67)68)21-24-55(82)70-26-27-76-57(84)35-54(62(76)91)97-37-43(63(92)93)32-53(81)50(34-59(87)88)74-61(90)47(69)36-72-60(89)42(29-40-12-5-3-6-13-40)31-52(80)49(30-41-14-7-4-8-15-41)73-56(83)17-10-9-16-46(79)22-23-48(64(94)95)75-65(96)71-25-11-18-58(85)86;2-1-3/h3-8,12-15,19-20,28,33,42-43,47-50,54H,9-11,16-18,21-27,29-32,34-37,69H2,1-2H3,(H,70,82)(H,72,89)(H,73,83)(H,74,90)(H,85,86)(H,87,88)(H,92,93)(H,94,95)(H2,71,75,96);/t42-,43+,47+,48+,49+,50+,54?;/m1./s1. The number of amides is 8. The Labute approximate surface area is 576 Å². The van der Waals surface area contributed by atoms with Gasteiger partial charge in [-0.05, 0) is 80.8 Å². The fourth-order valence-corrected chi connectivity index (χ4v) is 12.6. The van der Waals surface area contributed by atoms with Crippen LogP contribution in [-0.4, -0.2) is 197 Å². The molecule has 3 aliphatic heterocycles. The van der Waals surface area contributed by atoms with Crippen LogP contribution < -0.4 is 37.6 Å². The molecule has 1 fully saturated rings. The topological polar surface area (TPSA) is 463 Å². The summed E-state index contributed by atoms with van der Waals surface area (Å²) in [5.74, 6) is -14.8. The number of nitrogens with one attached hydrogen (secondary N) is 6. The van der Waals surface area contributed by atoms with Gasteiger partial charge in [-0.1, -0.05) is 60.7 Å². The number of aliphatic carboxylic acids is 4. The summed E-state index contributed by atoms with van der Waals surface area (Å²) in [7, 11) is 0. The Morgan fingerprint density at radius 3 is 1.94 bits per heavy atom. The maximum absolute atomic E-state index is 15.8. The van der Waals surface area contributed by atoms with E-state index in [4.69, 9.17) is 20.4 Å². The summed E-state index contributed by atoms with van der Waals surface area (Å²) in [6.45, 7) is -1.94. The lowest BCUT2D eigenvalue weighted by molar-refractivity contribution is -0.362. The van der Waals surface area contributed by atoms with Crippen molar-refractivity contribution in [2.45, 2.75) is 146 Å². The average molecular weight is 1420 g/mol. The molecule has 34 heteroatoms. The van der Waals surface area contributed by atoms with Gasteiger partial charge in [-0.2, -0.15) is 9.59 Å². The number of ketones is 3. The first-order valence-electron chi connectivity index (χ1n) is 32.1. The number of hydrogen-bond donors (Lipinski definition) is 11. The second-order valence-corrected chi connectivity index (χ2v) is 25.3. The van der Waals surface area contributed by atoms with Crippen molar-refractivity contribution in [2.75, 3.05) is 31.9 Å². The highest BCUT2D eigenvalue weighted by atomic mass is 32.2. The third-order valence-corrected chi connectivity index (χ3v) is 17.9. The van der Waals surface area contributed by atoms with Crippen LogP contribution in [0.5, 0.6) is 0 Å². The number of urea groups is 1. The normalized spacial score (nSPS) is 15.9. The lowest BCUT2D eigenvalue weighted by Gasteiger charge is -2.30. The number of aromatic nitrogens is 1. The predicted molar refractivity (Wildman–Crippen MR) is 353 cm³/mol. The van der Waals surface area contributed by atoms with Crippen molar-refractivity contribution >= 4 is 119 Å². The van der Waals surface area contributed by atoms with Gasteiger partial charge in [-0.25, -0.2) is 9.59 Å². The number of imide groups is 1. The van der Waals surface area contributed by atoms with Crippen molar-refractivity contribution < 1.29 is 110 Å². The van der Waals surface area contributed by atoms with E-state index in [2.05, 4.69) is 31.9 Å². The number of halogens is 2. The molecule has 8 amide bonds. The van der Waals surface area contributed by atoms with Gasteiger partial charge in [0, 0.05) is 120 Å². The molecule has 1 unspecified atom stereocenters. The largest absolute Gasteiger partial charge is 0.737 e. The van der Waals surface area contributed by atoms with Crippen LogP contribution in [0.3, 0.4) is 0 Å². The third kappa shape index (κ3) is 24.9. The van der Waals surface area contributed by atoms with Gasteiger partial charge in [0.25, 0.3) is 0 Å². The number of rotatable bonds is 42. The number of carboxylic acids is 4. The van der Waals surface area contributed by atoms with Gasteiger partial charge in [0.15, 0.2) is 17.3 Å². The van der Waals surface area contributed by atoms with Crippen LogP contribution in [0.15, 0.2) is 84.6 Å². The number of carboxylic acid groups (broad SMARTS) is 4. The minimum Gasteiger partial charge on any atom is -0.481 e. The lowest BCUT2D eigenvalue weighted by atomic mass is 9.89. The van der Waals surface area contributed by atoms with Crippen molar-refractivity contribution in [2.24, 2.45) is 17.6 Å². The van der Waals surface area contributed by atoms with Gasteiger partial charge >= 0.3 is 43.0 Å². The Balaban J connectivity index is 0.00000590. The Hall–Kier alpha value is -10.3. The Morgan fingerprint density at radius 1 is 0.680 bits per heavy atom. The Kier molecular flexibility index (Phi) is 31.6. The molecular formula is C66H81BF2N10O20S. The van der Waals surface area contributed by atoms with Gasteiger partial charge in [0.2, 0.25) is 35.4 Å². The smallest absolute Gasteiger partial charge is 0.481 e. The third-order valence-electron chi connectivity index (χ3n) is 16.5. The first-order chi connectivity index (χ1) is 47.4. The van der Waals surface area contributed by atoms with Crippen LogP contribution in [0, 0.1) is 25.7 Å². The maximum atomic E-state index is 15.8. The van der Waals surface area contributed by atoms with E-state index in [1.54, 1.807) is 92.7 Å². The van der Waals surface area contributed by atoms with Crippen molar-refractivity contribution in [1.82, 2.24) is 41.3 Å². The molecule has 0 spiro atoms. The molecule has 0 radical (unpaired) electrons. The second kappa shape index (κ2) is 39.3. The van der Waals surface area contributed by atoms with Gasteiger partial charge in [-0.3, -0.25) is 62.4 Å². The number of likely N-dealkylation sites (tertiary alicyclic amines) is 1. The fourth-order valence-electron chi connectivity index (χ4n) is 11.4. The first-order valence-corrected chi connectivity index (χ1v) is 33.2. The maximum Gasteiger partial charge on any atom is 0.737 e. The molecule has 3 aromatic rings. The molecule has 538 valence electrons. The van der Waals surface area contributed by atoms with Gasteiger partial charge in [-0.15, -0.1) is 11.8 Å². The van der Waals surface area contributed by atoms with Crippen molar-refractivity contribution in [1.29, 1.82) is 0 Å². The van der Waals surface area contributed by atoms with Crippen LogP contribution in [0.2, 0.25) is 0 Å². The molecule has 0 bridgehead atoms. The molecule has 1 aromatic heterocycles. The number of allylic oxidation sites excluding steroid dienone is 2.